The lowest BCUT2D eigenvalue weighted by Crippen LogP contribution is -2.43. The molecule has 5 nitrogen and oxygen atoms in total. The van der Waals surface area contributed by atoms with E-state index in [4.69, 9.17) is 16.3 Å². The van der Waals surface area contributed by atoms with Gasteiger partial charge in [-0.1, -0.05) is 18.2 Å². The fourth-order valence-corrected chi connectivity index (χ4v) is 3.57. The van der Waals surface area contributed by atoms with Crippen LogP contribution in [0.5, 0.6) is 0 Å². The van der Waals surface area contributed by atoms with Crippen molar-refractivity contribution in [2.24, 2.45) is 0 Å². The number of ether oxygens (including phenoxy) is 1. The molecule has 7 heteroatoms. The summed E-state index contributed by atoms with van der Waals surface area (Å²) in [6.45, 7) is 6.87. The van der Waals surface area contributed by atoms with Crippen molar-refractivity contribution in [1.82, 2.24) is 14.4 Å². The van der Waals surface area contributed by atoms with Gasteiger partial charge in [0.05, 0.1) is 25.9 Å². The minimum atomic E-state index is -0.568. The van der Waals surface area contributed by atoms with Crippen LogP contribution >= 0.6 is 11.6 Å². The van der Waals surface area contributed by atoms with Gasteiger partial charge < -0.3 is 14.4 Å². The van der Waals surface area contributed by atoms with Gasteiger partial charge in [-0.3, -0.25) is 9.80 Å². The van der Waals surface area contributed by atoms with E-state index in [9.17, 15) is 9.50 Å². The van der Waals surface area contributed by atoms with Crippen LogP contribution in [0.3, 0.4) is 0 Å². The van der Waals surface area contributed by atoms with Crippen molar-refractivity contribution < 1.29 is 14.2 Å². The first-order chi connectivity index (χ1) is 13.7. The minimum Gasteiger partial charge on any atom is -0.391 e. The highest BCUT2D eigenvalue weighted by Gasteiger charge is 2.17. The molecule has 1 N–H and O–H groups in total. The van der Waals surface area contributed by atoms with Crippen LogP contribution in [0.25, 0.3) is 0 Å². The number of aliphatic hydroxyl groups excluding tert-OH is 1. The molecule has 1 aromatic heterocycles. The summed E-state index contributed by atoms with van der Waals surface area (Å²) in [5.74, 6) is 0.0217. The monoisotopic (exact) mass is 409 g/mol. The Morgan fingerprint density at radius 3 is 2.71 bits per heavy atom. The average Bonchev–Trinajstić information content (AvgIpc) is 3.15. The highest BCUT2D eigenvalue weighted by Crippen LogP contribution is 2.14. The molecule has 2 heterocycles. The summed E-state index contributed by atoms with van der Waals surface area (Å²) in [6.07, 6.45) is 1.40. The Kier molecular flexibility index (Phi) is 8.30. The van der Waals surface area contributed by atoms with E-state index in [0.29, 0.717) is 25.2 Å². The summed E-state index contributed by atoms with van der Waals surface area (Å²) in [6, 6.07) is 10.9. The molecule has 2 aromatic rings. The Balaban J connectivity index is 1.64. The van der Waals surface area contributed by atoms with Gasteiger partial charge in [0.15, 0.2) is 0 Å². The molecule has 1 saturated heterocycles. The largest absolute Gasteiger partial charge is 0.391 e. The number of rotatable bonds is 10. The second kappa shape index (κ2) is 10.9. The molecule has 1 aromatic carbocycles. The molecule has 3 rings (SSSR count). The number of aromatic nitrogens is 1. The third-order valence-electron chi connectivity index (χ3n) is 5.09. The first-order valence-electron chi connectivity index (χ1n) is 9.79. The lowest BCUT2D eigenvalue weighted by Gasteiger charge is -2.31. The molecule has 0 radical (unpaired) electrons. The number of benzene rings is 1. The van der Waals surface area contributed by atoms with Crippen molar-refractivity contribution in [1.29, 1.82) is 0 Å². The zero-order valence-corrected chi connectivity index (χ0v) is 16.9. The van der Waals surface area contributed by atoms with Crippen LogP contribution in [0.1, 0.15) is 11.3 Å². The molecule has 0 bridgehead atoms. The second-order valence-corrected chi connectivity index (χ2v) is 7.52. The van der Waals surface area contributed by atoms with Crippen molar-refractivity contribution in [2.75, 3.05) is 51.8 Å². The number of morpholine rings is 1. The van der Waals surface area contributed by atoms with Gasteiger partial charge in [-0.2, -0.15) is 0 Å². The summed E-state index contributed by atoms with van der Waals surface area (Å²) in [7, 11) is 0. The Morgan fingerprint density at radius 2 is 1.96 bits per heavy atom. The van der Waals surface area contributed by atoms with Gasteiger partial charge >= 0.3 is 0 Å². The molecule has 1 fully saturated rings. The third-order valence-corrected chi connectivity index (χ3v) is 5.45. The average molecular weight is 410 g/mol. The zero-order chi connectivity index (χ0) is 19.8. The summed E-state index contributed by atoms with van der Waals surface area (Å²) in [4.78, 5) is 4.59. The molecule has 0 spiro atoms. The van der Waals surface area contributed by atoms with Gasteiger partial charge in [0, 0.05) is 62.6 Å². The van der Waals surface area contributed by atoms with Crippen molar-refractivity contribution in [2.45, 2.75) is 19.2 Å². The highest BCUT2D eigenvalue weighted by molar-refractivity contribution is 6.18. The van der Waals surface area contributed by atoms with Crippen LogP contribution in [0, 0.1) is 5.82 Å². The molecule has 1 aliphatic rings. The maximum absolute atomic E-state index is 14.0. The highest BCUT2D eigenvalue weighted by atomic mass is 35.5. The first-order valence-corrected chi connectivity index (χ1v) is 10.3. The van der Waals surface area contributed by atoms with Crippen LogP contribution in [0.15, 0.2) is 42.6 Å². The Labute approximate surface area is 171 Å². The van der Waals surface area contributed by atoms with E-state index >= 15 is 0 Å². The Hall–Kier alpha value is -1.44. The summed E-state index contributed by atoms with van der Waals surface area (Å²) < 4.78 is 21.5. The molecular formula is C21H29ClFN3O2. The van der Waals surface area contributed by atoms with Crippen LogP contribution in [-0.2, 0) is 17.8 Å². The molecular weight excluding hydrogens is 381 g/mol. The molecule has 0 aliphatic carbocycles. The zero-order valence-electron chi connectivity index (χ0n) is 16.1. The smallest absolute Gasteiger partial charge is 0.128 e. The summed E-state index contributed by atoms with van der Waals surface area (Å²) in [5, 5.41) is 10.1. The molecule has 154 valence electrons. The molecule has 1 atom stereocenters. The van der Waals surface area contributed by atoms with Crippen molar-refractivity contribution in [3.05, 3.63) is 59.7 Å². The fourth-order valence-electron chi connectivity index (χ4n) is 3.48. The maximum atomic E-state index is 14.0. The van der Waals surface area contributed by atoms with Crippen LogP contribution in [0.4, 0.5) is 4.39 Å². The summed E-state index contributed by atoms with van der Waals surface area (Å²) in [5.41, 5.74) is 1.76. The van der Waals surface area contributed by atoms with E-state index in [1.165, 1.54) is 6.07 Å². The third kappa shape index (κ3) is 6.29. The van der Waals surface area contributed by atoms with E-state index < -0.39 is 6.10 Å². The van der Waals surface area contributed by atoms with Crippen LogP contribution in [0.2, 0.25) is 0 Å². The standard InChI is InChI=1S/C21H29ClFN3O2/c22-14-20(27)17-25(9-8-24-10-12-28-13-11-24)16-19-5-3-7-26(19)15-18-4-1-2-6-21(18)23/h1-7,20,27H,8-17H2/t20-/m0/s1. The van der Waals surface area contributed by atoms with Gasteiger partial charge in [-0.15, -0.1) is 11.6 Å². The van der Waals surface area contributed by atoms with Gasteiger partial charge in [-0.25, -0.2) is 4.39 Å². The number of hydrogen-bond donors (Lipinski definition) is 1. The van der Waals surface area contributed by atoms with Crippen molar-refractivity contribution in [3.8, 4) is 0 Å². The topological polar surface area (TPSA) is 40.9 Å². The maximum Gasteiger partial charge on any atom is 0.128 e. The van der Waals surface area contributed by atoms with E-state index in [1.807, 2.05) is 24.4 Å². The summed E-state index contributed by atoms with van der Waals surface area (Å²) >= 11 is 5.83. The van der Waals surface area contributed by atoms with Gasteiger partial charge in [0.2, 0.25) is 0 Å². The minimum absolute atomic E-state index is 0.191. The molecule has 0 saturated carbocycles. The SMILES string of the molecule is O[C@@H](CCl)CN(CCN1CCOCC1)Cc1cccn1Cc1ccccc1F. The van der Waals surface area contributed by atoms with Gasteiger partial charge in [0.1, 0.15) is 5.82 Å². The molecule has 0 amide bonds. The predicted octanol–water partition coefficient (Wildman–Crippen LogP) is 2.41. The van der Waals surface area contributed by atoms with Crippen LogP contribution in [-0.4, -0.2) is 77.4 Å². The normalized spacial score (nSPS) is 16.6. The lowest BCUT2D eigenvalue weighted by atomic mass is 10.2. The number of hydrogen-bond acceptors (Lipinski definition) is 4. The van der Waals surface area contributed by atoms with Crippen molar-refractivity contribution in [3.63, 3.8) is 0 Å². The lowest BCUT2D eigenvalue weighted by molar-refractivity contribution is 0.0298. The van der Waals surface area contributed by atoms with Gasteiger partial charge in [0.25, 0.3) is 0 Å². The van der Waals surface area contributed by atoms with E-state index in [2.05, 4.69) is 20.4 Å². The second-order valence-electron chi connectivity index (χ2n) is 7.22. The van der Waals surface area contributed by atoms with Crippen LogP contribution < -0.4 is 0 Å². The Bertz CT molecular complexity index is 721. The number of aliphatic hydroxyl groups is 1. The molecule has 0 unspecified atom stereocenters. The number of halogens is 2. The molecule has 1 aliphatic heterocycles. The quantitative estimate of drug-likeness (QED) is 0.612. The first kappa shape index (κ1) is 21.3. The van der Waals surface area contributed by atoms with Crippen molar-refractivity contribution >= 4 is 11.6 Å². The van der Waals surface area contributed by atoms with E-state index in [-0.39, 0.29) is 11.7 Å². The molecule has 28 heavy (non-hydrogen) atoms. The van der Waals surface area contributed by atoms with E-state index in [0.717, 1.165) is 45.1 Å². The van der Waals surface area contributed by atoms with Gasteiger partial charge in [-0.05, 0) is 18.2 Å². The Morgan fingerprint density at radius 1 is 1.18 bits per heavy atom. The number of nitrogens with zero attached hydrogens (tertiary/aromatic N) is 3. The number of alkyl halides is 1. The predicted molar refractivity (Wildman–Crippen MR) is 109 cm³/mol. The fraction of sp³-hybridized carbons (Fsp3) is 0.524. The van der Waals surface area contributed by atoms with E-state index in [1.54, 1.807) is 6.07 Å².